The number of Topliss-reactive ketones (excluding diaryl/α,β-unsaturated/α-hetero) is 1. The topological polar surface area (TPSA) is 128 Å². The smallest absolute Gasteiger partial charge is 0.290 e. The first-order chi connectivity index (χ1) is 20.2. The van der Waals surface area contributed by atoms with Crippen LogP contribution in [0.1, 0.15) is 99.0 Å². The molecule has 1 amide bonds. The predicted molar refractivity (Wildman–Crippen MR) is 175 cm³/mol. The van der Waals surface area contributed by atoms with Crippen LogP contribution < -0.4 is 20.5 Å². The number of hydrogen-bond acceptors (Lipinski definition) is 6. The van der Waals surface area contributed by atoms with Gasteiger partial charge in [-0.25, -0.2) is 0 Å². The van der Waals surface area contributed by atoms with E-state index in [1.807, 2.05) is 90.9 Å². The number of para-hydroxylation sites is 1. The van der Waals surface area contributed by atoms with Gasteiger partial charge in [-0.05, 0) is 55.5 Å². The lowest BCUT2D eigenvalue weighted by atomic mass is 9.85. The quantitative estimate of drug-likeness (QED) is 0.0889. The van der Waals surface area contributed by atoms with Crippen LogP contribution in [0, 0.1) is 5.41 Å². The highest BCUT2D eigenvalue weighted by Crippen LogP contribution is 2.28. The molecule has 0 radical (unpaired) electrons. The summed E-state index contributed by atoms with van der Waals surface area (Å²) in [5.74, 6) is 0.785. The fourth-order valence-electron chi connectivity index (χ4n) is 3.40. The minimum absolute atomic E-state index is 0.250. The van der Waals surface area contributed by atoms with Gasteiger partial charge in [-0.15, -0.1) is 0 Å². The maximum atomic E-state index is 12.0. The number of nitrogens with one attached hydrogen (secondary N) is 1. The Morgan fingerprint density at radius 2 is 1.36 bits per heavy atom. The summed E-state index contributed by atoms with van der Waals surface area (Å²) >= 11 is 0. The zero-order valence-electron chi connectivity index (χ0n) is 27.6. The molecule has 0 saturated carbocycles. The van der Waals surface area contributed by atoms with Gasteiger partial charge in [0.15, 0.2) is 11.5 Å². The Morgan fingerprint density at radius 1 is 0.857 bits per heavy atom. The van der Waals surface area contributed by atoms with Crippen molar-refractivity contribution in [1.29, 1.82) is 0 Å². The SMILES string of the molecule is CC.CC.CCC(C)(C)C(=O)C(=O)NCCCCCCCCc1ccc(OC)c(OC)c1.Nc1ccccc1.O=CO. The van der Waals surface area contributed by atoms with E-state index in [9.17, 15) is 9.59 Å². The summed E-state index contributed by atoms with van der Waals surface area (Å²) in [6.45, 7) is 13.9. The third kappa shape index (κ3) is 21.2. The van der Waals surface area contributed by atoms with E-state index in [0.717, 1.165) is 49.3 Å². The van der Waals surface area contributed by atoms with E-state index in [4.69, 9.17) is 25.1 Å². The van der Waals surface area contributed by atoms with E-state index in [0.29, 0.717) is 13.0 Å². The third-order valence-corrected chi connectivity index (χ3v) is 6.13. The summed E-state index contributed by atoms with van der Waals surface area (Å²) in [6.07, 6.45) is 8.35. The fourth-order valence-corrected chi connectivity index (χ4v) is 3.40. The van der Waals surface area contributed by atoms with Crippen LogP contribution in [0.3, 0.4) is 0 Å². The molecule has 0 aliphatic rings. The lowest BCUT2D eigenvalue weighted by molar-refractivity contribution is -0.143. The molecule has 0 atom stereocenters. The fraction of sp³-hybridized carbons (Fsp3) is 0.559. The monoisotopic (exact) mass is 590 g/mol. The summed E-state index contributed by atoms with van der Waals surface area (Å²) in [4.78, 5) is 32.2. The Morgan fingerprint density at radius 3 is 1.81 bits per heavy atom. The first-order valence-corrected chi connectivity index (χ1v) is 15.1. The van der Waals surface area contributed by atoms with Gasteiger partial charge in [-0.2, -0.15) is 0 Å². The van der Waals surface area contributed by atoms with Crippen molar-refractivity contribution in [3.63, 3.8) is 0 Å². The number of ketones is 1. The molecule has 8 heteroatoms. The maximum Gasteiger partial charge on any atom is 0.290 e. The van der Waals surface area contributed by atoms with Crippen molar-refractivity contribution in [2.45, 2.75) is 99.8 Å². The Kier molecular flexibility index (Phi) is 29.6. The summed E-state index contributed by atoms with van der Waals surface area (Å²) < 4.78 is 10.6. The van der Waals surface area contributed by atoms with Crippen LogP contribution in [0.4, 0.5) is 5.69 Å². The summed E-state index contributed by atoms with van der Waals surface area (Å²) in [7, 11) is 3.30. The van der Waals surface area contributed by atoms with E-state index < -0.39 is 11.3 Å². The first kappa shape index (κ1) is 42.9. The minimum atomic E-state index is -0.571. The lowest BCUT2D eigenvalue weighted by Crippen LogP contribution is -2.39. The molecular formula is C34H58N2O6. The number of carboxylic acid groups (broad SMARTS) is 1. The third-order valence-electron chi connectivity index (χ3n) is 6.13. The van der Waals surface area contributed by atoms with Crippen LogP contribution in [0.15, 0.2) is 48.5 Å². The first-order valence-electron chi connectivity index (χ1n) is 15.1. The van der Waals surface area contributed by atoms with Crippen LogP contribution in [-0.2, 0) is 20.8 Å². The maximum absolute atomic E-state index is 12.0. The van der Waals surface area contributed by atoms with Gasteiger partial charge in [0.05, 0.1) is 14.2 Å². The van der Waals surface area contributed by atoms with Crippen molar-refractivity contribution in [2.24, 2.45) is 5.41 Å². The van der Waals surface area contributed by atoms with Crippen LogP contribution in [0.25, 0.3) is 0 Å². The molecule has 0 aliphatic heterocycles. The highest BCUT2D eigenvalue weighted by Gasteiger charge is 2.30. The van der Waals surface area contributed by atoms with Gasteiger partial charge in [0.1, 0.15) is 0 Å². The molecule has 2 aromatic rings. The predicted octanol–water partition coefficient (Wildman–Crippen LogP) is 7.73. The Labute approximate surface area is 255 Å². The number of unbranched alkanes of at least 4 members (excludes halogenated alkanes) is 5. The number of ether oxygens (including phenoxy) is 2. The minimum Gasteiger partial charge on any atom is -0.493 e. The van der Waals surface area contributed by atoms with Crippen LogP contribution >= 0.6 is 0 Å². The van der Waals surface area contributed by atoms with Crippen molar-refractivity contribution >= 4 is 23.9 Å². The highest BCUT2D eigenvalue weighted by atomic mass is 16.5. The molecule has 0 aliphatic carbocycles. The molecule has 4 N–H and O–H groups in total. The second kappa shape index (κ2) is 29.0. The number of aryl methyl sites for hydroxylation is 1. The van der Waals surface area contributed by atoms with Crippen molar-refractivity contribution in [3.05, 3.63) is 54.1 Å². The largest absolute Gasteiger partial charge is 0.493 e. The van der Waals surface area contributed by atoms with Gasteiger partial charge in [-0.1, -0.05) is 98.4 Å². The lowest BCUT2D eigenvalue weighted by Gasteiger charge is -2.19. The number of benzene rings is 2. The molecule has 0 heterocycles. The van der Waals surface area contributed by atoms with E-state index in [1.165, 1.54) is 18.4 Å². The van der Waals surface area contributed by atoms with Crippen LogP contribution in [0.2, 0.25) is 0 Å². The molecule has 2 aromatic carbocycles. The van der Waals surface area contributed by atoms with Gasteiger partial charge >= 0.3 is 0 Å². The average Bonchev–Trinajstić information content (AvgIpc) is 3.02. The second-order valence-corrected chi connectivity index (χ2v) is 9.40. The number of nitrogens with two attached hydrogens (primary N) is 1. The van der Waals surface area contributed by atoms with Gasteiger partial charge < -0.3 is 25.6 Å². The average molecular weight is 591 g/mol. The highest BCUT2D eigenvalue weighted by molar-refractivity contribution is 6.37. The standard InChI is InChI=1S/C23H37NO4.C6H7N.2C2H6.CH2O2/c1-6-23(2,3)21(25)22(26)24-16-12-10-8-7-9-11-13-18-14-15-19(27-4)20(17-18)28-5;7-6-4-2-1-3-5-6;2*1-2;2-1-3/h14-15,17H,6-13,16H2,1-5H3,(H,24,26);1-5H,7H2;2*1-2H3;1H,(H,2,3). The van der Waals surface area contributed by atoms with Gasteiger partial charge in [0.25, 0.3) is 12.4 Å². The Bertz CT molecular complexity index is 933. The number of nitrogen functional groups attached to an aromatic ring is 1. The molecule has 8 nitrogen and oxygen atoms in total. The van der Waals surface area contributed by atoms with Crippen molar-refractivity contribution in [1.82, 2.24) is 5.32 Å². The Hall–Kier alpha value is -3.55. The summed E-state index contributed by atoms with van der Waals surface area (Å²) in [5.41, 5.74) is 6.87. The van der Waals surface area contributed by atoms with Gasteiger partial charge in [0.2, 0.25) is 5.78 Å². The molecule has 0 saturated heterocycles. The number of hydrogen-bond donors (Lipinski definition) is 3. The number of anilines is 1. The molecule has 42 heavy (non-hydrogen) atoms. The van der Waals surface area contributed by atoms with Crippen LogP contribution in [-0.4, -0.2) is 44.0 Å². The van der Waals surface area contributed by atoms with Gasteiger partial charge in [0, 0.05) is 17.6 Å². The molecule has 0 fully saturated rings. The molecular weight excluding hydrogens is 532 g/mol. The number of methoxy groups -OCH3 is 2. The van der Waals surface area contributed by atoms with Crippen LogP contribution in [0.5, 0.6) is 11.5 Å². The number of carbonyl (C=O) groups excluding carboxylic acids is 2. The number of carbonyl (C=O) groups is 3. The molecule has 0 bridgehead atoms. The summed E-state index contributed by atoms with van der Waals surface area (Å²) in [6, 6.07) is 15.6. The van der Waals surface area contributed by atoms with Crippen molar-refractivity contribution in [3.8, 4) is 11.5 Å². The van der Waals surface area contributed by atoms with Crippen molar-refractivity contribution < 1.29 is 29.0 Å². The molecule has 2 rings (SSSR count). The van der Waals surface area contributed by atoms with E-state index in [-0.39, 0.29) is 12.3 Å². The zero-order valence-corrected chi connectivity index (χ0v) is 27.6. The molecule has 0 aromatic heterocycles. The van der Waals surface area contributed by atoms with E-state index in [2.05, 4.69) is 11.4 Å². The second-order valence-electron chi connectivity index (χ2n) is 9.40. The molecule has 0 unspecified atom stereocenters. The zero-order chi connectivity index (χ0) is 32.8. The Balaban J connectivity index is -0.000000897. The van der Waals surface area contributed by atoms with E-state index in [1.54, 1.807) is 14.2 Å². The normalized spacial score (nSPS) is 9.45. The van der Waals surface area contributed by atoms with Gasteiger partial charge in [-0.3, -0.25) is 14.4 Å². The molecule has 240 valence electrons. The number of rotatable bonds is 14. The van der Waals surface area contributed by atoms with Crippen molar-refractivity contribution in [2.75, 3.05) is 26.5 Å². The molecule has 0 spiro atoms. The summed E-state index contributed by atoms with van der Waals surface area (Å²) in [5, 5.41) is 9.64. The van der Waals surface area contributed by atoms with E-state index >= 15 is 0 Å². The number of amides is 1.